The molecule has 0 fully saturated rings. The van der Waals surface area contributed by atoms with Crippen molar-refractivity contribution >= 4 is 5.52 Å². The average Bonchev–Trinajstić information content (AvgIpc) is 2.78. The number of aromatic amines is 1. The van der Waals surface area contributed by atoms with Crippen molar-refractivity contribution in [3.63, 3.8) is 0 Å². The maximum atomic E-state index is 12.2. The first-order valence-electron chi connectivity index (χ1n) is 7.81. The molecule has 22 heavy (non-hydrogen) atoms. The molecule has 0 spiro atoms. The number of fused-ring (bicyclic) bond motifs is 1. The maximum absolute atomic E-state index is 12.2. The lowest BCUT2D eigenvalue weighted by molar-refractivity contribution is 0.643. The second kappa shape index (κ2) is 5.84. The van der Waals surface area contributed by atoms with Crippen molar-refractivity contribution in [1.29, 1.82) is 0 Å². The van der Waals surface area contributed by atoms with Gasteiger partial charge < -0.3 is 9.38 Å². The zero-order chi connectivity index (χ0) is 15.7. The van der Waals surface area contributed by atoms with E-state index in [1.165, 1.54) is 16.8 Å². The van der Waals surface area contributed by atoms with E-state index >= 15 is 0 Å². The summed E-state index contributed by atoms with van der Waals surface area (Å²) in [6, 6.07) is 12.5. The van der Waals surface area contributed by atoms with Gasteiger partial charge in [0.15, 0.2) is 0 Å². The maximum Gasteiger partial charge on any atom is 0.272 e. The van der Waals surface area contributed by atoms with Gasteiger partial charge in [-0.15, -0.1) is 0 Å². The normalized spacial score (nSPS) is 11.5. The van der Waals surface area contributed by atoms with Crippen molar-refractivity contribution in [2.75, 3.05) is 0 Å². The van der Waals surface area contributed by atoms with E-state index < -0.39 is 0 Å². The van der Waals surface area contributed by atoms with Gasteiger partial charge in [-0.25, -0.2) is 0 Å². The predicted molar refractivity (Wildman–Crippen MR) is 90.5 cm³/mol. The second-order valence-electron chi connectivity index (χ2n) is 6.40. The molecule has 0 aliphatic rings. The lowest BCUT2D eigenvalue weighted by atomic mass is 10.00. The standard InChI is InChI=1S/C19H22N2O/c1-13(2)9-16-11-18-19(22)20-14(3)12-21(18)17(16)10-15-7-5-4-6-8-15/h4-8,11-13H,9-10H2,1-3H3,(H,20,22). The van der Waals surface area contributed by atoms with Crippen LogP contribution in [0.3, 0.4) is 0 Å². The van der Waals surface area contributed by atoms with Gasteiger partial charge in [0.2, 0.25) is 0 Å². The van der Waals surface area contributed by atoms with Crippen molar-refractivity contribution in [3.8, 4) is 0 Å². The molecule has 0 atom stereocenters. The summed E-state index contributed by atoms with van der Waals surface area (Å²) in [5.74, 6) is 0.562. The van der Waals surface area contributed by atoms with E-state index in [0.717, 1.165) is 24.1 Å². The molecule has 0 radical (unpaired) electrons. The van der Waals surface area contributed by atoms with Crippen molar-refractivity contribution in [2.24, 2.45) is 5.92 Å². The van der Waals surface area contributed by atoms with E-state index in [2.05, 4.69) is 53.6 Å². The van der Waals surface area contributed by atoms with Gasteiger partial charge in [0.25, 0.3) is 5.56 Å². The third-order valence-electron chi connectivity index (χ3n) is 3.94. The van der Waals surface area contributed by atoms with Crippen molar-refractivity contribution in [3.05, 3.63) is 75.5 Å². The van der Waals surface area contributed by atoms with E-state index in [-0.39, 0.29) is 5.56 Å². The molecule has 1 N–H and O–H groups in total. The van der Waals surface area contributed by atoms with Crippen LogP contribution >= 0.6 is 0 Å². The third kappa shape index (κ3) is 2.84. The molecule has 2 aromatic heterocycles. The number of rotatable bonds is 4. The molecule has 0 saturated heterocycles. The molecule has 3 heteroatoms. The van der Waals surface area contributed by atoms with Gasteiger partial charge in [0.05, 0.1) is 0 Å². The number of aryl methyl sites for hydroxylation is 1. The Morgan fingerprint density at radius 3 is 2.59 bits per heavy atom. The summed E-state index contributed by atoms with van der Waals surface area (Å²) in [6.07, 6.45) is 3.86. The monoisotopic (exact) mass is 294 g/mol. The van der Waals surface area contributed by atoms with Crippen LogP contribution in [0.25, 0.3) is 5.52 Å². The number of benzene rings is 1. The summed E-state index contributed by atoms with van der Waals surface area (Å²) in [5.41, 5.74) is 5.39. The molecule has 0 aliphatic carbocycles. The molecular formula is C19H22N2O. The fraction of sp³-hybridized carbons (Fsp3) is 0.316. The summed E-state index contributed by atoms with van der Waals surface area (Å²) >= 11 is 0. The number of aromatic nitrogens is 2. The molecule has 3 nitrogen and oxygen atoms in total. The van der Waals surface area contributed by atoms with Crippen LogP contribution in [0.4, 0.5) is 0 Å². The van der Waals surface area contributed by atoms with E-state index in [4.69, 9.17) is 0 Å². The molecule has 2 heterocycles. The molecule has 3 rings (SSSR count). The van der Waals surface area contributed by atoms with Gasteiger partial charge in [-0.3, -0.25) is 4.79 Å². The Bertz CT molecular complexity index is 841. The molecule has 0 unspecified atom stereocenters. The van der Waals surface area contributed by atoms with Crippen LogP contribution in [0, 0.1) is 12.8 Å². The Labute approximate surface area is 130 Å². The Balaban J connectivity index is 2.17. The van der Waals surface area contributed by atoms with Crippen molar-refractivity contribution in [2.45, 2.75) is 33.6 Å². The van der Waals surface area contributed by atoms with Crippen LogP contribution in [0.5, 0.6) is 0 Å². The van der Waals surface area contributed by atoms with Crippen LogP contribution in [-0.4, -0.2) is 9.38 Å². The number of hydrogen-bond acceptors (Lipinski definition) is 1. The highest BCUT2D eigenvalue weighted by Crippen LogP contribution is 2.21. The lowest BCUT2D eigenvalue weighted by Crippen LogP contribution is -2.11. The van der Waals surface area contributed by atoms with Crippen LogP contribution in [0.15, 0.2) is 47.4 Å². The SMILES string of the molecule is Cc1cn2c(Cc3ccccc3)c(CC(C)C)cc2c(=O)[nH]1. The second-order valence-corrected chi connectivity index (χ2v) is 6.40. The van der Waals surface area contributed by atoms with E-state index in [1.807, 2.05) is 19.2 Å². The Hall–Kier alpha value is -2.29. The van der Waals surface area contributed by atoms with E-state index in [9.17, 15) is 4.79 Å². The molecule has 3 aromatic rings. The lowest BCUT2D eigenvalue weighted by Gasteiger charge is -2.09. The van der Waals surface area contributed by atoms with Crippen LogP contribution in [0.1, 0.15) is 36.4 Å². The topological polar surface area (TPSA) is 37.3 Å². The number of H-pyrrole nitrogens is 1. The Kier molecular flexibility index (Phi) is 3.88. The number of nitrogens with zero attached hydrogens (tertiary/aromatic N) is 1. The number of hydrogen-bond donors (Lipinski definition) is 1. The van der Waals surface area contributed by atoms with E-state index in [1.54, 1.807) is 0 Å². The summed E-state index contributed by atoms with van der Waals surface area (Å²) in [7, 11) is 0. The highest BCUT2D eigenvalue weighted by Gasteiger charge is 2.14. The Morgan fingerprint density at radius 2 is 1.91 bits per heavy atom. The largest absolute Gasteiger partial charge is 0.323 e. The predicted octanol–water partition coefficient (Wildman–Crippen LogP) is 3.73. The van der Waals surface area contributed by atoms with E-state index in [0.29, 0.717) is 5.92 Å². The quantitative estimate of drug-likeness (QED) is 0.782. The zero-order valence-corrected chi connectivity index (χ0v) is 13.4. The smallest absolute Gasteiger partial charge is 0.272 e. The van der Waals surface area contributed by atoms with Crippen molar-refractivity contribution in [1.82, 2.24) is 9.38 Å². The van der Waals surface area contributed by atoms with Crippen LogP contribution in [-0.2, 0) is 12.8 Å². The van der Waals surface area contributed by atoms with Crippen LogP contribution in [0.2, 0.25) is 0 Å². The third-order valence-corrected chi connectivity index (χ3v) is 3.94. The molecule has 0 aliphatic heterocycles. The molecule has 114 valence electrons. The number of nitrogens with one attached hydrogen (secondary N) is 1. The summed E-state index contributed by atoms with van der Waals surface area (Å²) in [5, 5.41) is 0. The zero-order valence-electron chi connectivity index (χ0n) is 13.4. The minimum Gasteiger partial charge on any atom is -0.323 e. The van der Waals surface area contributed by atoms with Gasteiger partial charge >= 0.3 is 0 Å². The first-order chi connectivity index (χ1) is 10.5. The first-order valence-corrected chi connectivity index (χ1v) is 7.81. The molecule has 1 aromatic carbocycles. The summed E-state index contributed by atoms with van der Waals surface area (Å²) in [6.45, 7) is 6.35. The van der Waals surface area contributed by atoms with Gasteiger partial charge in [0.1, 0.15) is 5.52 Å². The van der Waals surface area contributed by atoms with Gasteiger partial charge in [-0.1, -0.05) is 44.2 Å². The molecule has 0 bridgehead atoms. The highest BCUT2D eigenvalue weighted by atomic mass is 16.1. The fourth-order valence-corrected chi connectivity index (χ4v) is 3.01. The average molecular weight is 294 g/mol. The minimum atomic E-state index is -0.00989. The summed E-state index contributed by atoms with van der Waals surface area (Å²) < 4.78 is 2.07. The molecule has 0 amide bonds. The Morgan fingerprint density at radius 1 is 1.18 bits per heavy atom. The first kappa shape index (κ1) is 14.6. The van der Waals surface area contributed by atoms with Crippen molar-refractivity contribution < 1.29 is 0 Å². The highest BCUT2D eigenvalue weighted by molar-refractivity contribution is 5.53. The van der Waals surface area contributed by atoms with Crippen LogP contribution < -0.4 is 5.56 Å². The minimum absolute atomic E-state index is 0.00989. The molecule has 0 saturated carbocycles. The fourth-order valence-electron chi connectivity index (χ4n) is 3.01. The molecular weight excluding hydrogens is 272 g/mol. The van der Waals surface area contributed by atoms with Gasteiger partial charge in [-0.05, 0) is 36.5 Å². The van der Waals surface area contributed by atoms with Gasteiger partial charge in [-0.2, -0.15) is 0 Å². The summed E-state index contributed by atoms with van der Waals surface area (Å²) in [4.78, 5) is 15.1. The van der Waals surface area contributed by atoms with Gasteiger partial charge in [0, 0.05) is 24.0 Å².